The Bertz CT molecular complexity index is 828. The molecule has 0 amide bonds. The summed E-state index contributed by atoms with van der Waals surface area (Å²) in [6.45, 7) is 0.762. The second-order valence-corrected chi connectivity index (χ2v) is 6.47. The second kappa shape index (κ2) is 6.75. The molecule has 1 unspecified atom stereocenters. The molecule has 0 radical (unpaired) electrons. The average Bonchev–Trinajstić information content (AvgIpc) is 3.06. The number of aromatic nitrogens is 3. The van der Waals surface area contributed by atoms with Crippen LogP contribution >= 0.6 is 11.6 Å². The standard InChI is InChI=1S/C19H19ClN4/c20-16-7-2-1-6-14(16)12-22-17-8-5-9-18-15(17)13-23-24(18)19-10-3-4-11-21-19/h1-4,6-7,10-11,13,17,22H,5,8-9,12H2. The van der Waals surface area contributed by atoms with Gasteiger partial charge in [-0.25, -0.2) is 9.67 Å². The van der Waals surface area contributed by atoms with Crippen LogP contribution in [0.4, 0.5) is 0 Å². The molecule has 1 N–H and O–H groups in total. The summed E-state index contributed by atoms with van der Waals surface area (Å²) in [5.74, 6) is 0.880. The normalized spacial score (nSPS) is 16.8. The molecule has 2 heterocycles. The number of rotatable bonds is 4. The van der Waals surface area contributed by atoms with Crippen molar-refractivity contribution in [2.24, 2.45) is 0 Å². The monoisotopic (exact) mass is 338 g/mol. The van der Waals surface area contributed by atoms with Crippen molar-refractivity contribution in [2.45, 2.75) is 31.8 Å². The SMILES string of the molecule is Clc1ccccc1CNC1CCCc2c1cnn2-c1ccccn1. The maximum absolute atomic E-state index is 6.26. The number of hydrogen-bond donors (Lipinski definition) is 1. The van der Waals surface area contributed by atoms with E-state index in [2.05, 4.69) is 21.5 Å². The summed E-state index contributed by atoms with van der Waals surface area (Å²) < 4.78 is 1.97. The molecule has 1 aromatic carbocycles. The van der Waals surface area contributed by atoms with Crippen molar-refractivity contribution in [3.8, 4) is 5.82 Å². The molecular formula is C19H19ClN4. The highest BCUT2D eigenvalue weighted by Crippen LogP contribution is 2.31. The van der Waals surface area contributed by atoms with E-state index in [0.29, 0.717) is 6.04 Å². The summed E-state index contributed by atoms with van der Waals surface area (Å²) in [5, 5.41) is 9.03. The lowest BCUT2D eigenvalue weighted by molar-refractivity contribution is 0.454. The van der Waals surface area contributed by atoms with Gasteiger partial charge < -0.3 is 5.32 Å². The fourth-order valence-electron chi connectivity index (χ4n) is 3.32. The van der Waals surface area contributed by atoms with Crippen LogP contribution in [0, 0.1) is 0 Å². The fraction of sp³-hybridized carbons (Fsp3) is 0.263. The second-order valence-electron chi connectivity index (χ2n) is 6.06. The molecule has 0 spiro atoms. The van der Waals surface area contributed by atoms with E-state index in [0.717, 1.165) is 42.2 Å². The highest BCUT2D eigenvalue weighted by atomic mass is 35.5. The lowest BCUT2D eigenvalue weighted by atomic mass is 9.92. The molecule has 0 saturated heterocycles. The Kier molecular flexibility index (Phi) is 4.32. The number of nitrogens with one attached hydrogen (secondary N) is 1. The van der Waals surface area contributed by atoms with Gasteiger partial charge in [0.05, 0.1) is 11.9 Å². The third-order valence-electron chi connectivity index (χ3n) is 4.55. The maximum Gasteiger partial charge on any atom is 0.153 e. The molecule has 1 aliphatic rings. The molecular weight excluding hydrogens is 320 g/mol. The number of benzene rings is 1. The van der Waals surface area contributed by atoms with Crippen LogP contribution < -0.4 is 5.32 Å². The van der Waals surface area contributed by atoms with E-state index in [1.807, 2.05) is 47.3 Å². The fourth-order valence-corrected chi connectivity index (χ4v) is 3.52. The van der Waals surface area contributed by atoms with Gasteiger partial charge >= 0.3 is 0 Å². The first-order valence-electron chi connectivity index (χ1n) is 8.28. The Morgan fingerprint density at radius 2 is 2.04 bits per heavy atom. The summed E-state index contributed by atoms with van der Waals surface area (Å²) in [5.41, 5.74) is 3.67. The number of hydrogen-bond acceptors (Lipinski definition) is 3. The first-order valence-corrected chi connectivity index (χ1v) is 8.66. The van der Waals surface area contributed by atoms with Gasteiger partial charge in [-0.3, -0.25) is 0 Å². The van der Waals surface area contributed by atoms with E-state index in [-0.39, 0.29) is 0 Å². The molecule has 0 fully saturated rings. The molecule has 122 valence electrons. The minimum absolute atomic E-state index is 0.308. The lowest BCUT2D eigenvalue weighted by Crippen LogP contribution is -2.25. The predicted molar refractivity (Wildman–Crippen MR) is 95.3 cm³/mol. The molecule has 0 saturated carbocycles. The highest BCUT2D eigenvalue weighted by Gasteiger charge is 2.24. The number of pyridine rings is 1. The van der Waals surface area contributed by atoms with Crippen molar-refractivity contribution < 1.29 is 0 Å². The molecule has 2 aromatic heterocycles. The molecule has 5 heteroatoms. The van der Waals surface area contributed by atoms with Crippen molar-refractivity contribution in [1.82, 2.24) is 20.1 Å². The first-order chi connectivity index (χ1) is 11.8. The molecule has 0 aliphatic heterocycles. The van der Waals surface area contributed by atoms with Gasteiger partial charge in [0.2, 0.25) is 0 Å². The summed E-state index contributed by atoms with van der Waals surface area (Å²) in [7, 11) is 0. The Morgan fingerprint density at radius 1 is 1.17 bits per heavy atom. The van der Waals surface area contributed by atoms with Crippen LogP contribution in [0.2, 0.25) is 5.02 Å². The lowest BCUT2D eigenvalue weighted by Gasteiger charge is -2.24. The highest BCUT2D eigenvalue weighted by molar-refractivity contribution is 6.31. The Labute approximate surface area is 146 Å². The Balaban J connectivity index is 1.56. The Hall–Kier alpha value is -2.17. The van der Waals surface area contributed by atoms with Crippen LogP contribution in [-0.4, -0.2) is 14.8 Å². The van der Waals surface area contributed by atoms with Crippen molar-refractivity contribution in [3.05, 3.63) is 76.7 Å². The van der Waals surface area contributed by atoms with E-state index in [1.165, 1.54) is 11.3 Å². The van der Waals surface area contributed by atoms with Gasteiger partial charge in [-0.2, -0.15) is 5.10 Å². The van der Waals surface area contributed by atoms with Crippen LogP contribution in [0.15, 0.2) is 54.9 Å². The molecule has 3 aromatic rings. The van der Waals surface area contributed by atoms with Crippen molar-refractivity contribution in [1.29, 1.82) is 0 Å². The minimum atomic E-state index is 0.308. The van der Waals surface area contributed by atoms with E-state index in [4.69, 9.17) is 11.6 Å². The van der Waals surface area contributed by atoms with Crippen LogP contribution in [0.3, 0.4) is 0 Å². The van der Waals surface area contributed by atoms with Crippen LogP contribution in [0.25, 0.3) is 5.82 Å². The van der Waals surface area contributed by atoms with Crippen LogP contribution in [0.5, 0.6) is 0 Å². The molecule has 4 nitrogen and oxygen atoms in total. The van der Waals surface area contributed by atoms with Crippen molar-refractivity contribution in [2.75, 3.05) is 0 Å². The quantitative estimate of drug-likeness (QED) is 0.779. The topological polar surface area (TPSA) is 42.7 Å². The van der Waals surface area contributed by atoms with Gasteiger partial charge in [0.15, 0.2) is 5.82 Å². The number of halogens is 1. The van der Waals surface area contributed by atoms with Gasteiger partial charge in [-0.15, -0.1) is 0 Å². The Morgan fingerprint density at radius 3 is 2.88 bits per heavy atom. The van der Waals surface area contributed by atoms with Crippen LogP contribution in [-0.2, 0) is 13.0 Å². The van der Waals surface area contributed by atoms with Gasteiger partial charge in [0.1, 0.15) is 0 Å². The maximum atomic E-state index is 6.26. The van der Waals surface area contributed by atoms with Gasteiger partial charge in [-0.05, 0) is 43.0 Å². The molecule has 0 bridgehead atoms. The first kappa shape index (κ1) is 15.4. The third-order valence-corrected chi connectivity index (χ3v) is 4.91. The molecule has 1 atom stereocenters. The zero-order chi connectivity index (χ0) is 16.4. The van der Waals surface area contributed by atoms with E-state index < -0.39 is 0 Å². The van der Waals surface area contributed by atoms with Gasteiger partial charge in [0, 0.05) is 29.4 Å². The van der Waals surface area contributed by atoms with Gasteiger partial charge in [-0.1, -0.05) is 35.9 Å². The number of nitrogens with zero attached hydrogens (tertiary/aromatic N) is 3. The van der Waals surface area contributed by atoms with Crippen LogP contribution in [0.1, 0.15) is 35.7 Å². The average molecular weight is 339 g/mol. The van der Waals surface area contributed by atoms with Crippen molar-refractivity contribution >= 4 is 11.6 Å². The summed E-state index contributed by atoms with van der Waals surface area (Å²) in [4.78, 5) is 4.42. The summed E-state index contributed by atoms with van der Waals surface area (Å²) >= 11 is 6.26. The van der Waals surface area contributed by atoms with Gasteiger partial charge in [0.25, 0.3) is 0 Å². The van der Waals surface area contributed by atoms with Crippen molar-refractivity contribution in [3.63, 3.8) is 0 Å². The molecule has 4 rings (SSSR count). The molecule has 24 heavy (non-hydrogen) atoms. The summed E-state index contributed by atoms with van der Waals surface area (Å²) in [6, 6.07) is 14.2. The number of fused-ring (bicyclic) bond motifs is 1. The minimum Gasteiger partial charge on any atom is -0.306 e. The zero-order valence-corrected chi connectivity index (χ0v) is 14.1. The predicted octanol–water partition coefficient (Wildman–Crippen LogP) is 4.09. The third kappa shape index (κ3) is 2.95. The molecule has 1 aliphatic carbocycles. The van der Waals surface area contributed by atoms with E-state index in [1.54, 1.807) is 6.20 Å². The largest absolute Gasteiger partial charge is 0.306 e. The smallest absolute Gasteiger partial charge is 0.153 e. The summed E-state index contributed by atoms with van der Waals surface area (Å²) in [6.07, 6.45) is 7.08. The van der Waals surface area contributed by atoms with E-state index >= 15 is 0 Å². The zero-order valence-electron chi connectivity index (χ0n) is 13.3. The van der Waals surface area contributed by atoms with E-state index in [9.17, 15) is 0 Å².